The van der Waals surface area contributed by atoms with Gasteiger partial charge in [-0.15, -0.1) is 0 Å². The summed E-state index contributed by atoms with van der Waals surface area (Å²) < 4.78 is 0. The van der Waals surface area contributed by atoms with Gasteiger partial charge in [0.15, 0.2) is 0 Å². The molecule has 2 nitrogen and oxygen atoms in total. The van der Waals surface area contributed by atoms with Crippen molar-refractivity contribution >= 4 is 0 Å². The first-order chi connectivity index (χ1) is 8.73. The van der Waals surface area contributed by atoms with Gasteiger partial charge in [-0.2, -0.15) is 0 Å². The highest BCUT2D eigenvalue weighted by Gasteiger charge is 2.43. The predicted octanol–water partition coefficient (Wildman–Crippen LogP) is 2.52. The SMILES string of the molecule is CN1CCCC(c2ccc(C3(CO)CC3)cc2)C1. The third-order valence-electron chi connectivity index (χ3n) is 4.78. The van der Waals surface area contributed by atoms with Crippen molar-refractivity contribution in [1.29, 1.82) is 0 Å². The summed E-state index contributed by atoms with van der Waals surface area (Å²) in [6.07, 6.45) is 4.92. The summed E-state index contributed by atoms with van der Waals surface area (Å²) in [6.45, 7) is 2.73. The van der Waals surface area contributed by atoms with Crippen molar-refractivity contribution in [3.63, 3.8) is 0 Å². The van der Waals surface area contributed by atoms with Crippen molar-refractivity contribution in [2.75, 3.05) is 26.7 Å². The molecule has 2 heteroatoms. The van der Waals surface area contributed by atoms with Gasteiger partial charge in [0.05, 0.1) is 6.61 Å². The number of hydrogen-bond donors (Lipinski definition) is 1. The fourth-order valence-electron chi connectivity index (χ4n) is 3.24. The standard InChI is InChI=1S/C16H23NO/c1-17-10-2-3-14(11-17)13-4-6-15(7-5-13)16(12-18)8-9-16/h4-7,14,18H,2-3,8-12H2,1H3. The van der Waals surface area contributed by atoms with E-state index in [9.17, 15) is 5.11 Å². The Balaban J connectivity index is 1.74. The van der Waals surface area contributed by atoms with E-state index in [-0.39, 0.29) is 5.41 Å². The molecule has 1 saturated carbocycles. The minimum absolute atomic E-state index is 0.113. The van der Waals surface area contributed by atoms with Crippen LogP contribution in [0.3, 0.4) is 0 Å². The van der Waals surface area contributed by atoms with Crippen molar-refractivity contribution in [1.82, 2.24) is 4.90 Å². The number of nitrogens with zero attached hydrogens (tertiary/aromatic N) is 1. The Morgan fingerprint density at radius 3 is 2.56 bits per heavy atom. The molecule has 1 unspecified atom stereocenters. The average molecular weight is 245 g/mol. The lowest BCUT2D eigenvalue weighted by Gasteiger charge is -2.30. The van der Waals surface area contributed by atoms with Crippen LogP contribution in [-0.2, 0) is 5.41 Å². The van der Waals surface area contributed by atoms with E-state index in [1.165, 1.54) is 37.1 Å². The van der Waals surface area contributed by atoms with Gasteiger partial charge < -0.3 is 10.0 Å². The van der Waals surface area contributed by atoms with Gasteiger partial charge in [0.1, 0.15) is 0 Å². The maximum Gasteiger partial charge on any atom is 0.0527 e. The Morgan fingerprint density at radius 1 is 1.28 bits per heavy atom. The van der Waals surface area contributed by atoms with Gasteiger partial charge in [-0.1, -0.05) is 24.3 Å². The van der Waals surface area contributed by atoms with Crippen LogP contribution in [0, 0.1) is 0 Å². The topological polar surface area (TPSA) is 23.5 Å². The summed E-state index contributed by atoms with van der Waals surface area (Å²) in [7, 11) is 2.21. The van der Waals surface area contributed by atoms with E-state index < -0.39 is 0 Å². The Kier molecular flexibility index (Phi) is 3.16. The molecule has 1 aromatic carbocycles. The summed E-state index contributed by atoms with van der Waals surface area (Å²) in [5.41, 5.74) is 2.92. The van der Waals surface area contributed by atoms with E-state index in [4.69, 9.17) is 0 Å². The fourth-order valence-corrected chi connectivity index (χ4v) is 3.24. The van der Waals surface area contributed by atoms with E-state index in [1.807, 2.05) is 0 Å². The Hall–Kier alpha value is -0.860. The van der Waals surface area contributed by atoms with Crippen LogP contribution in [0.1, 0.15) is 42.7 Å². The highest BCUT2D eigenvalue weighted by molar-refractivity contribution is 5.35. The molecule has 1 aliphatic heterocycles. The number of aliphatic hydroxyl groups is 1. The molecule has 1 aliphatic carbocycles. The van der Waals surface area contributed by atoms with Crippen molar-refractivity contribution in [3.05, 3.63) is 35.4 Å². The lowest BCUT2D eigenvalue weighted by molar-refractivity contribution is 0.250. The summed E-state index contributed by atoms with van der Waals surface area (Å²) in [4.78, 5) is 2.43. The van der Waals surface area contributed by atoms with E-state index in [1.54, 1.807) is 0 Å². The molecule has 2 fully saturated rings. The first-order valence-corrected chi connectivity index (χ1v) is 7.13. The van der Waals surface area contributed by atoms with Gasteiger partial charge in [-0.25, -0.2) is 0 Å². The zero-order valence-electron chi connectivity index (χ0n) is 11.2. The number of likely N-dealkylation sites (N-methyl/N-ethyl adjacent to an activating group) is 1. The molecule has 0 spiro atoms. The largest absolute Gasteiger partial charge is 0.395 e. The number of likely N-dealkylation sites (tertiary alicyclic amines) is 1. The van der Waals surface area contributed by atoms with Crippen molar-refractivity contribution in [2.45, 2.75) is 37.0 Å². The predicted molar refractivity (Wildman–Crippen MR) is 73.9 cm³/mol. The number of rotatable bonds is 3. The smallest absolute Gasteiger partial charge is 0.0527 e. The molecular weight excluding hydrogens is 222 g/mol. The molecule has 0 radical (unpaired) electrons. The van der Waals surface area contributed by atoms with Gasteiger partial charge in [0.2, 0.25) is 0 Å². The van der Waals surface area contributed by atoms with Crippen LogP contribution in [0.2, 0.25) is 0 Å². The van der Waals surface area contributed by atoms with E-state index in [0.29, 0.717) is 12.5 Å². The average Bonchev–Trinajstić information content (AvgIpc) is 3.20. The highest BCUT2D eigenvalue weighted by Crippen LogP contribution is 2.47. The molecule has 1 saturated heterocycles. The molecule has 0 amide bonds. The normalized spacial score (nSPS) is 27.1. The molecule has 0 aromatic heterocycles. The maximum atomic E-state index is 9.46. The molecule has 3 rings (SSSR count). The zero-order chi connectivity index (χ0) is 12.6. The van der Waals surface area contributed by atoms with Gasteiger partial charge >= 0.3 is 0 Å². The molecule has 18 heavy (non-hydrogen) atoms. The Morgan fingerprint density at radius 2 is 2.00 bits per heavy atom. The number of piperidine rings is 1. The second-order valence-corrected chi connectivity index (χ2v) is 6.16. The summed E-state index contributed by atoms with van der Waals surface area (Å²) in [6, 6.07) is 9.06. The molecule has 1 aromatic rings. The van der Waals surface area contributed by atoms with E-state index in [2.05, 4.69) is 36.2 Å². The molecular formula is C16H23NO. The summed E-state index contributed by atoms with van der Waals surface area (Å²) >= 11 is 0. The van der Waals surface area contributed by atoms with Crippen LogP contribution in [-0.4, -0.2) is 36.8 Å². The van der Waals surface area contributed by atoms with Crippen LogP contribution < -0.4 is 0 Å². The monoisotopic (exact) mass is 245 g/mol. The third-order valence-corrected chi connectivity index (χ3v) is 4.78. The van der Waals surface area contributed by atoms with Gasteiger partial charge in [-0.3, -0.25) is 0 Å². The van der Waals surface area contributed by atoms with Crippen LogP contribution in [0.15, 0.2) is 24.3 Å². The minimum Gasteiger partial charge on any atom is -0.395 e. The Labute approximate surface area is 110 Å². The Bertz CT molecular complexity index is 408. The molecule has 1 N–H and O–H groups in total. The zero-order valence-corrected chi connectivity index (χ0v) is 11.2. The second kappa shape index (κ2) is 4.67. The number of hydrogen-bond acceptors (Lipinski definition) is 2. The van der Waals surface area contributed by atoms with E-state index in [0.717, 1.165) is 12.8 Å². The van der Waals surface area contributed by atoms with Crippen molar-refractivity contribution in [2.24, 2.45) is 0 Å². The molecule has 98 valence electrons. The van der Waals surface area contributed by atoms with Crippen molar-refractivity contribution in [3.8, 4) is 0 Å². The minimum atomic E-state index is 0.113. The number of aliphatic hydroxyl groups excluding tert-OH is 1. The van der Waals surface area contributed by atoms with Crippen molar-refractivity contribution < 1.29 is 5.11 Å². The highest BCUT2D eigenvalue weighted by atomic mass is 16.3. The van der Waals surface area contributed by atoms with Crippen LogP contribution >= 0.6 is 0 Å². The summed E-state index contributed by atoms with van der Waals surface area (Å²) in [5, 5.41) is 9.46. The third kappa shape index (κ3) is 2.19. The number of benzene rings is 1. The summed E-state index contributed by atoms with van der Waals surface area (Å²) in [5.74, 6) is 0.696. The maximum absolute atomic E-state index is 9.46. The quantitative estimate of drug-likeness (QED) is 0.884. The van der Waals surface area contributed by atoms with E-state index >= 15 is 0 Å². The lowest BCUT2D eigenvalue weighted by atomic mass is 9.88. The van der Waals surface area contributed by atoms with Crippen LogP contribution in [0.4, 0.5) is 0 Å². The molecule has 0 bridgehead atoms. The van der Waals surface area contributed by atoms with Gasteiger partial charge in [0.25, 0.3) is 0 Å². The molecule has 2 aliphatic rings. The first-order valence-electron chi connectivity index (χ1n) is 7.13. The van der Waals surface area contributed by atoms with Crippen LogP contribution in [0.5, 0.6) is 0 Å². The lowest BCUT2D eigenvalue weighted by Crippen LogP contribution is -2.30. The molecule has 1 heterocycles. The first kappa shape index (κ1) is 12.2. The van der Waals surface area contributed by atoms with Crippen LogP contribution in [0.25, 0.3) is 0 Å². The second-order valence-electron chi connectivity index (χ2n) is 6.16. The van der Waals surface area contributed by atoms with Gasteiger partial charge in [-0.05, 0) is 56.3 Å². The fraction of sp³-hybridized carbons (Fsp3) is 0.625. The molecule has 1 atom stereocenters. The van der Waals surface area contributed by atoms with Gasteiger partial charge in [0, 0.05) is 12.0 Å².